The van der Waals surface area contributed by atoms with Gasteiger partial charge in [0.05, 0.1) is 6.61 Å². The van der Waals surface area contributed by atoms with E-state index in [0.29, 0.717) is 6.29 Å². The van der Waals surface area contributed by atoms with Gasteiger partial charge in [-0.05, 0) is 0 Å². The zero-order valence-corrected chi connectivity index (χ0v) is 6.80. The van der Waals surface area contributed by atoms with Crippen LogP contribution >= 0.6 is 0 Å². The van der Waals surface area contributed by atoms with Crippen molar-refractivity contribution in [2.75, 3.05) is 6.61 Å². The predicted molar refractivity (Wildman–Crippen MR) is 42.5 cm³/mol. The van der Waals surface area contributed by atoms with E-state index in [0.717, 1.165) is 18.2 Å². The predicted octanol–water partition coefficient (Wildman–Crippen LogP) is 1.93. The average Bonchev–Trinajstić information content (AvgIpc) is 2.03. The van der Waals surface area contributed by atoms with E-state index in [-0.39, 0.29) is 18.8 Å². The summed E-state index contributed by atoms with van der Waals surface area (Å²) in [7, 11) is 0. The Labute approximate surface area is 74.1 Å². The normalized spacial score (nSPS) is 9.69. The number of carbonyl (C=O) groups is 1. The highest BCUT2D eigenvalue weighted by atomic mass is 19.1. The molecule has 0 aliphatic carbocycles. The van der Waals surface area contributed by atoms with E-state index in [1.54, 1.807) is 0 Å². The summed E-state index contributed by atoms with van der Waals surface area (Å²) in [6, 6.07) is 2.88. The van der Waals surface area contributed by atoms with Gasteiger partial charge in [0.25, 0.3) is 0 Å². The van der Waals surface area contributed by atoms with Gasteiger partial charge < -0.3 is 9.53 Å². The molecule has 2 nitrogen and oxygen atoms in total. The van der Waals surface area contributed by atoms with Crippen LogP contribution in [0.1, 0.15) is 6.42 Å². The molecule has 0 radical (unpaired) electrons. The summed E-state index contributed by atoms with van der Waals surface area (Å²) in [6.07, 6.45) is 0.883. The number of hydrogen-bond acceptors (Lipinski definition) is 2. The van der Waals surface area contributed by atoms with E-state index in [1.165, 1.54) is 0 Å². The van der Waals surface area contributed by atoms with E-state index in [9.17, 15) is 13.6 Å². The molecule has 0 aliphatic heterocycles. The zero-order valence-electron chi connectivity index (χ0n) is 6.80. The summed E-state index contributed by atoms with van der Waals surface area (Å²) in [6.45, 7) is 0.131. The monoisotopic (exact) mass is 186 g/mol. The zero-order chi connectivity index (χ0) is 9.68. The molecule has 0 bridgehead atoms. The summed E-state index contributed by atoms with van der Waals surface area (Å²) in [5.41, 5.74) is 0. The molecule has 1 aromatic carbocycles. The van der Waals surface area contributed by atoms with Crippen LogP contribution in [0.3, 0.4) is 0 Å². The van der Waals surface area contributed by atoms with Gasteiger partial charge in [-0.15, -0.1) is 0 Å². The average molecular weight is 186 g/mol. The summed E-state index contributed by atoms with van der Waals surface area (Å²) in [5.74, 6) is -1.29. The third-order valence-corrected chi connectivity index (χ3v) is 1.34. The highest BCUT2D eigenvalue weighted by Crippen LogP contribution is 2.15. The first kappa shape index (κ1) is 9.64. The molecule has 0 N–H and O–H groups in total. The fourth-order valence-electron chi connectivity index (χ4n) is 0.837. The lowest BCUT2D eigenvalue weighted by Gasteiger charge is -2.03. The minimum Gasteiger partial charge on any atom is -0.493 e. The number of ether oxygens (including phenoxy) is 1. The van der Waals surface area contributed by atoms with Crippen LogP contribution in [-0.4, -0.2) is 12.9 Å². The molecule has 1 rings (SSSR count). The fourth-order valence-corrected chi connectivity index (χ4v) is 0.837. The Bertz CT molecular complexity index is 279. The highest BCUT2D eigenvalue weighted by Gasteiger charge is 2.00. The molecule has 0 aromatic heterocycles. The van der Waals surface area contributed by atoms with Gasteiger partial charge in [0.1, 0.15) is 23.7 Å². The molecule has 0 saturated carbocycles. The Morgan fingerprint density at radius 1 is 1.23 bits per heavy atom. The first-order valence-corrected chi connectivity index (χ1v) is 3.75. The second kappa shape index (κ2) is 4.54. The molecule has 4 heteroatoms. The number of rotatable bonds is 4. The summed E-state index contributed by atoms with van der Waals surface area (Å²) in [5, 5.41) is 0. The second-order valence-corrected chi connectivity index (χ2v) is 2.41. The van der Waals surface area contributed by atoms with Crippen molar-refractivity contribution in [3.05, 3.63) is 29.8 Å². The van der Waals surface area contributed by atoms with E-state index >= 15 is 0 Å². The van der Waals surface area contributed by atoms with Crippen LogP contribution < -0.4 is 4.74 Å². The molecule has 0 aliphatic rings. The van der Waals surface area contributed by atoms with Crippen LogP contribution in [0.15, 0.2) is 18.2 Å². The van der Waals surface area contributed by atoms with Crippen molar-refractivity contribution in [3.63, 3.8) is 0 Å². The van der Waals surface area contributed by atoms with Crippen LogP contribution in [0.5, 0.6) is 5.75 Å². The van der Waals surface area contributed by atoms with Gasteiger partial charge >= 0.3 is 0 Å². The van der Waals surface area contributed by atoms with Crippen LogP contribution in [0.25, 0.3) is 0 Å². The second-order valence-electron chi connectivity index (χ2n) is 2.41. The highest BCUT2D eigenvalue weighted by molar-refractivity contribution is 5.49. The molecule has 0 atom stereocenters. The van der Waals surface area contributed by atoms with Gasteiger partial charge in [-0.2, -0.15) is 0 Å². The maximum atomic E-state index is 12.5. The Balaban J connectivity index is 2.60. The van der Waals surface area contributed by atoms with Crippen LogP contribution in [0.2, 0.25) is 0 Å². The number of hydrogen-bond donors (Lipinski definition) is 0. The van der Waals surface area contributed by atoms with Gasteiger partial charge in [-0.3, -0.25) is 0 Å². The molecule has 0 fully saturated rings. The molecule has 13 heavy (non-hydrogen) atoms. The van der Waals surface area contributed by atoms with Crippen molar-refractivity contribution in [3.8, 4) is 5.75 Å². The molecule has 0 saturated heterocycles. The maximum absolute atomic E-state index is 12.5. The molecule has 0 spiro atoms. The van der Waals surface area contributed by atoms with Crippen molar-refractivity contribution < 1.29 is 18.3 Å². The van der Waals surface area contributed by atoms with Crippen LogP contribution in [-0.2, 0) is 4.79 Å². The quantitative estimate of drug-likeness (QED) is 0.530. The van der Waals surface area contributed by atoms with Crippen LogP contribution in [0.4, 0.5) is 8.78 Å². The molecular weight excluding hydrogens is 178 g/mol. The number of benzene rings is 1. The van der Waals surface area contributed by atoms with Crippen molar-refractivity contribution in [2.45, 2.75) is 6.42 Å². The molecule has 0 amide bonds. The van der Waals surface area contributed by atoms with Gasteiger partial charge in [0.15, 0.2) is 0 Å². The van der Waals surface area contributed by atoms with Gasteiger partial charge in [0.2, 0.25) is 0 Å². The first-order chi connectivity index (χ1) is 6.22. The first-order valence-electron chi connectivity index (χ1n) is 3.75. The Morgan fingerprint density at radius 3 is 2.38 bits per heavy atom. The summed E-state index contributed by atoms with van der Waals surface area (Å²) >= 11 is 0. The molecule has 0 heterocycles. The van der Waals surface area contributed by atoms with E-state index in [1.807, 2.05) is 0 Å². The van der Waals surface area contributed by atoms with Crippen LogP contribution in [0, 0.1) is 11.6 Å². The van der Waals surface area contributed by atoms with Crippen molar-refractivity contribution in [1.82, 2.24) is 0 Å². The van der Waals surface area contributed by atoms with Gasteiger partial charge in [-0.1, -0.05) is 0 Å². The molecule has 0 unspecified atom stereocenters. The minimum atomic E-state index is -0.693. The standard InChI is InChI=1S/C9H8F2O2/c10-7-4-8(11)6-9(5-7)13-3-1-2-12/h2,4-6H,1,3H2. The summed E-state index contributed by atoms with van der Waals surface area (Å²) < 4.78 is 30.0. The SMILES string of the molecule is O=CCCOc1cc(F)cc(F)c1. The fraction of sp³-hybridized carbons (Fsp3) is 0.222. The Hall–Kier alpha value is -1.45. The van der Waals surface area contributed by atoms with E-state index < -0.39 is 11.6 Å². The lowest BCUT2D eigenvalue weighted by atomic mass is 10.3. The largest absolute Gasteiger partial charge is 0.493 e. The molecule has 1 aromatic rings. The maximum Gasteiger partial charge on any atom is 0.129 e. The molecule has 70 valence electrons. The van der Waals surface area contributed by atoms with E-state index in [2.05, 4.69) is 0 Å². The van der Waals surface area contributed by atoms with Crippen molar-refractivity contribution >= 4 is 6.29 Å². The smallest absolute Gasteiger partial charge is 0.129 e. The summed E-state index contributed by atoms with van der Waals surface area (Å²) in [4.78, 5) is 9.90. The topological polar surface area (TPSA) is 26.3 Å². The molecular formula is C9H8F2O2. The Morgan fingerprint density at radius 2 is 1.85 bits per heavy atom. The minimum absolute atomic E-state index is 0.0966. The number of carbonyl (C=O) groups excluding carboxylic acids is 1. The number of aldehydes is 1. The van der Waals surface area contributed by atoms with Crippen molar-refractivity contribution in [1.29, 1.82) is 0 Å². The van der Waals surface area contributed by atoms with E-state index in [4.69, 9.17) is 4.74 Å². The van der Waals surface area contributed by atoms with Crippen molar-refractivity contribution in [2.24, 2.45) is 0 Å². The van der Waals surface area contributed by atoms with Gasteiger partial charge in [-0.25, -0.2) is 8.78 Å². The Kier molecular flexibility index (Phi) is 3.37. The lowest BCUT2D eigenvalue weighted by Crippen LogP contribution is -1.98. The third kappa shape index (κ3) is 3.19. The third-order valence-electron chi connectivity index (χ3n) is 1.34. The lowest BCUT2D eigenvalue weighted by molar-refractivity contribution is -0.108. The van der Waals surface area contributed by atoms with Gasteiger partial charge in [0, 0.05) is 24.6 Å². The number of halogens is 2.